The van der Waals surface area contributed by atoms with Gasteiger partial charge in [0.2, 0.25) is 0 Å². The van der Waals surface area contributed by atoms with Crippen LogP contribution in [0.1, 0.15) is 57.2 Å². The molecular weight excluding hydrogens is 146 g/mol. The maximum atomic E-state index is 3.34. The van der Waals surface area contributed by atoms with Gasteiger partial charge in [-0.25, -0.2) is 0 Å². The fourth-order valence-electron chi connectivity index (χ4n) is 1.53. The Morgan fingerprint density at radius 3 is 2.50 bits per heavy atom. The van der Waals surface area contributed by atoms with Crippen molar-refractivity contribution in [3.05, 3.63) is 23.5 Å². The van der Waals surface area contributed by atoms with E-state index in [1.54, 1.807) is 0 Å². The molecule has 0 fully saturated rings. The lowest BCUT2D eigenvalue weighted by Crippen LogP contribution is -1.98. The third kappa shape index (κ3) is 1.71. The predicted octanol–water partition coefficient (Wildman–Crippen LogP) is 3.65. The Balaban J connectivity index is 2.91. The molecule has 0 saturated carbocycles. The maximum Gasteiger partial charge on any atom is 0.0210 e. The van der Waals surface area contributed by atoms with Crippen molar-refractivity contribution < 1.29 is 0 Å². The summed E-state index contributed by atoms with van der Waals surface area (Å²) in [5.41, 5.74) is 2.90. The highest BCUT2D eigenvalue weighted by atomic mass is 14.7. The second-order valence-electron chi connectivity index (χ2n) is 3.81. The molecule has 1 atom stereocenters. The van der Waals surface area contributed by atoms with Gasteiger partial charge >= 0.3 is 0 Å². The molecule has 0 amide bonds. The van der Waals surface area contributed by atoms with Gasteiger partial charge in [-0.05, 0) is 29.9 Å². The second kappa shape index (κ2) is 3.79. The largest absolute Gasteiger partial charge is 0.365 e. The molecular formula is C11H19N. The molecule has 0 saturated heterocycles. The van der Waals surface area contributed by atoms with Crippen molar-refractivity contribution in [1.29, 1.82) is 0 Å². The Hall–Kier alpha value is -0.720. The maximum absolute atomic E-state index is 3.34. The molecule has 1 heteroatoms. The normalized spacial score (nSPS) is 13.8. The number of nitrogens with one attached hydrogen (secondary N) is 1. The van der Waals surface area contributed by atoms with Crippen molar-refractivity contribution in [2.45, 2.75) is 46.0 Å². The average molecular weight is 165 g/mol. The van der Waals surface area contributed by atoms with Crippen molar-refractivity contribution in [1.82, 2.24) is 4.98 Å². The Kier molecular flexibility index (Phi) is 2.96. The van der Waals surface area contributed by atoms with Crippen LogP contribution in [0.4, 0.5) is 0 Å². The van der Waals surface area contributed by atoms with Gasteiger partial charge in [-0.1, -0.05) is 27.7 Å². The van der Waals surface area contributed by atoms with Crippen LogP contribution in [0.5, 0.6) is 0 Å². The lowest BCUT2D eigenvalue weighted by atomic mass is 9.95. The monoisotopic (exact) mass is 165 g/mol. The van der Waals surface area contributed by atoms with E-state index in [2.05, 4.69) is 44.9 Å². The van der Waals surface area contributed by atoms with E-state index >= 15 is 0 Å². The highest BCUT2D eigenvalue weighted by molar-refractivity contribution is 5.26. The van der Waals surface area contributed by atoms with Crippen LogP contribution in [0.25, 0.3) is 0 Å². The molecule has 0 aliphatic heterocycles. The Bertz CT molecular complexity index is 235. The topological polar surface area (TPSA) is 15.8 Å². The zero-order chi connectivity index (χ0) is 9.14. The summed E-state index contributed by atoms with van der Waals surface area (Å²) in [6, 6.07) is 2.20. The lowest BCUT2D eigenvalue weighted by Gasteiger charge is -2.12. The minimum absolute atomic E-state index is 0.639. The van der Waals surface area contributed by atoms with E-state index in [4.69, 9.17) is 0 Å². The second-order valence-corrected chi connectivity index (χ2v) is 3.81. The minimum atomic E-state index is 0.639. The van der Waals surface area contributed by atoms with Crippen LogP contribution in [0, 0.1) is 0 Å². The van der Waals surface area contributed by atoms with Crippen LogP contribution < -0.4 is 0 Å². The van der Waals surface area contributed by atoms with Crippen LogP contribution >= 0.6 is 0 Å². The van der Waals surface area contributed by atoms with Crippen molar-refractivity contribution in [2.75, 3.05) is 0 Å². The van der Waals surface area contributed by atoms with Crippen molar-refractivity contribution >= 4 is 0 Å². The van der Waals surface area contributed by atoms with E-state index in [1.807, 2.05) is 0 Å². The molecule has 12 heavy (non-hydrogen) atoms. The molecule has 0 aliphatic carbocycles. The molecule has 1 heterocycles. The number of H-pyrrole nitrogens is 1. The first-order chi connectivity index (χ1) is 5.66. The van der Waals surface area contributed by atoms with Crippen LogP contribution in [-0.2, 0) is 0 Å². The van der Waals surface area contributed by atoms with Gasteiger partial charge in [0.25, 0.3) is 0 Å². The van der Waals surface area contributed by atoms with Crippen molar-refractivity contribution in [2.24, 2.45) is 0 Å². The fraction of sp³-hybridized carbons (Fsp3) is 0.636. The van der Waals surface area contributed by atoms with Gasteiger partial charge in [0, 0.05) is 11.9 Å². The van der Waals surface area contributed by atoms with Crippen molar-refractivity contribution in [3.8, 4) is 0 Å². The standard InChI is InChI=1S/C11H19N/c1-5-9(4)11-10(8(2)3)6-7-12-11/h6-9,12H,5H2,1-4H3/t9-/m0/s1. The first kappa shape index (κ1) is 9.37. The van der Waals surface area contributed by atoms with Crippen LogP contribution in [0.2, 0.25) is 0 Å². The molecule has 1 aromatic heterocycles. The Morgan fingerprint density at radius 2 is 2.00 bits per heavy atom. The van der Waals surface area contributed by atoms with Gasteiger partial charge in [-0.15, -0.1) is 0 Å². The van der Waals surface area contributed by atoms with Gasteiger partial charge in [0.1, 0.15) is 0 Å². The summed E-state index contributed by atoms with van der Waals surface area (Å²) >= 11 is 0. The first-order valence-corrected chi connectivity index (χ1v) is 4.84. The number of aromatic amines is 1. The van der Waals surface area contributed by atoms with Gasteiger partial charge in [-0.3, -0.25) is 0 Å². The van der Waals surface area contributed by atoms with E-state index in [9.17, 15) is 0 Å². The molecule has 1 N–H and O–H groups in total. The molecule has 0 spiro atoms. The highest BCUT2D eigenvalue weighted by Crippen LogP contribution is 2.26. The number of aromatic nitrogens is 1. The molecule has 0 aromatic carbocycles. The molecule has 0 radical (unpaired) electrons. The lowest BCUT2D eigenvalue weighted by molar-refractivity contribution is 0.691. The molecule has 0 unspecified atom stereocenters. The van der Waals surface area contributed by atoms with E-state index in [1.165, 1.54) is 17.7 Å². The van der Waals surface area contributed by atoms with Crippen LogP contribution in [-0.4, -0.2) is 4.98 Å². The zero-order valence-electron chi connectivity index (χ0n) is 8.52. The van der Waals surface area contributed by atoms with E-state index in [0.717, 1.165) is 0 Å². The quantitative estimate of drug-likeness (QED) is 0.703. The van der Waals surface area contributed by atoms with E-state index in [-0.39, 0.29) is 0 Å². The van der Waals surface area contributed by atoms with Gasteiger partial charge in [-0.2, -0.15) is 0 Å². The SMILES string of the molecule is CC[C@H](C)c1[nH]ccc1C(C)C. The van der Waals surface area contributed by atoms with E-state index in [0.29, 0.717) is 11.8 Å². The number of hydrogen-bond donors (Lipinski definition) is 1. The summed E-state index contributed by atoms with van der Waals surface area (Å²) in [5, 5.41) is 0. The molecule has 0 aliphatic rings. The summed E-state index contributed by atoms with van der Waals surface area (Å²) in [4.78, 5) is 3.34. The molecule has 1 aromatic rings. The Labute approximate surface area is 75.2 Å². The smallest absolute Gasteiger partial charge is 0.0210 e. The van der Waals surface area contributed by atoms with Crippen LogP contribution in [0.3, 0.4) is 0 Å². The number of rotatable bonds is 3. The van der Waals surface area contributed by atoms with Gasteiger partial charge in [0.15, 0.2) is 0 Å². The Morgan fingerprint density at radius 1 is 1.33 bits per heavy atom. The fourth-order valence-corrected chi connectivity index (χ4v) is 1.53. The van der Waals surface area contributed by atoms with Crippen LogP contribution in [0.15, 0.2) is 12.3 Å². The van der Waals surface area contributed by atoms with Gasteiger partial charge in [0.05, 0.1) is 0 Å². The summed E-state index contributed by atoms with van der Waals surface area (Å²) in [6.07, 6.45) is 3.26. The highest BCUT2D eigenvalue weighted by Gasteiger charge is 2.11. The van der Waals surface area contributed by atoms with E-state index < -0.39 is 0 Å². The summed E-state index contributed by atoms with van der Waals surface area (Å²) in [6.45, 7) is 9.00. The predicted molar refractivity (Wildman–Crippen MR) is 53.6 cm³/mol. The molecule has 0 bridgehead atoms. The number of hydrogen-bond acceptors (Lipinski definition) is 0. The third-order valence-corrected chi connectivity index (χ3v) is 2.54. The minimum Gasteiger partial charge on any atom is -0.365 e. The molecule has 1 nitrogen and oxygen atoms in total. The summed E-state index contributed by atoms with van der Waals surface area (Å²) in [5.74, 6) is 1.30. The third-order valence-electron chi connectivity index (χ3n) is 2.54. The summed E-state index contributed by atoms with van der Waals surface area (Å²) < 4.78 is 0. The first-order valence-electron chi connectivity index (χ1n) is 4.84. The molecule has 1 rings (SSSR count). The van der Waals surface area contributed by atoms with Crippen molar-refractivity contribution in [3.63, 3.8) is 0 Å². The van der Waals surface area contributed by atoms with Gasteiger partial charge < -0.3 is 4.98 Å². The molecule has 68 valence electrons. The average Bonchev–Trinajstić information content (AvgIpc) is 2.50. The summed E-state index contributed by atoms with van der Waals surface area (Å²) in [7, 11) is 0. The zero-order valence-corrected chi connectivity index (χ0v) is 8.52.